The number of thiophene rings is 1. The smallest absolute Gasteiger partial charge is 0.244 e. The number of rotatable bonds is 5. The van der Waals surface area contributed by atoms with Gasteiger partial charge in [-0.25, -0.2) is 12.7 Å². The summed E-state index contributed by atoms with van der Waals surface area (Å²) in [5, 5.41) is 9.14. The van der Waals surface area contributed by atoms with E-state index in [-0.39, 0.29) is 11.5 Å². The zero-order valence-electron chi connectivity index (χ0n) is 12.2. The van der Waals surface area contributed by atoms with E-state index in [1.54, 1.807) is 13.1 Å². The van der Waals surface area contributed by atoms with Crippen LogP contribution >= 0.6 is 27.3 Å². The maximum atomic E-state index is 12.6. The van der Waals surface area contributed by atoms with Crippen molar-refractivity contribution in [3.8, 4) is 0 Å². The number of hydrogen-bond donors (Lipinski definition) is 1. The van der Waals surface area contributed by atoms with Crippen LogP contribution in [0.3, 0.4) is 0 Å². The van der Waals surface area contributed by atoms with Gasteiger partial charge in [0.2, 0.25) is 10.0 Å². The summed E-state index contributed by atoms with van der Waals surface area (Å²) in [5.74, 6) is 0.413. The molecule has 0 spiro atoms. The molecule has 0 saturated carbocycles. The molecule has 0 bridgehead atoms. The highest BCUT2D eigenvalue weighted by Crippen LogP contribution is 2.33. The van der Waals surface area contributed by atoms with Crippen molar-refractivity contribution in [3.05, 3.63) is 14.7 Å². The first-order chi connectivity index (χ1) is 9.84. The van der Waals surface area contributed by atoms with E-state index in [0.29, 0.717) is 21.1 Å². The first-order valence-corrected chi connectivity index (χ1v) is 9.93. The van der Waals surface area contributed by atoms with E-state index in [4.69, 9.17) is 5.11 Å². The van der Waals surface area contributed by atoms with Gasteiger partial charge in [-0.1, -0.05) is 0 Å². The Hall–Kier alpha value is 0.01000. The van der Waals surface area contributed by atoms with Crippen molar-refractivity contribution >= 4 is 37.3 Å². The minimum Gasteiger partial charge on any atom is -0.391 e. The van der Waals surface area contributed by atoms with Gasteiger partial charge in [0.1, 0.15) is 4.90 Å². The second-order valence-corrected chi connectivity index (χ2v) is 10.0. The maximum Gasteiger partial charge on any atom is 0.244 e. The molecule has 21 heavy (non-hydrogen) atoms. The third-order valence-electron chi connectivity index (χ3n) is 3.90. The molecule has 1 N–H and O–H groups in total. The van der Waals surface area contributed by atoms with Gasteiger partial charge in [-0.2, -0.15) is 0 Å². The van der Waals surface area contributed by atoms with Crippen LogP contribution in [0.5, 0.6) is 0 Å². The molecule has 1 fully saturated rings. The lowest BCUT2D eigenvalue weighted by Gasteiger charge is -2.31. The van der Waals surface area contributed by atoms with Crippen LogP contribution in [0.25, 0.3) is 0 Å². The van der Waals surface area contributed by atoms with Crippen LogP contribution < -0.4 is 0 Å². The quantitative estimate of drug-likeness (QED) is 0.826. The minimum absolute atomic E-state index is 0.141. The fourth-order valence-corrected chi connectivity index (χ4v) is 6.26. The molecule has 2 heterocycles. The lowest BCUT2D eigenvalue weighted by Crippen LogP contribution is -2.37. The summed E-state index contributed by atoms with van der Waals surface area (Å²) in [5.41, 5.74) is 0. The maximum absolute atomic E-state index is 12.6. The number of hydrogen-bond acceptors (Lipinski definition) is 5. The summed E-state index contributed by atoms with van der Waals surface area (Å²) in [4.78, 5) is 3.17. The van der Waals surface area contributed by atoms with Gasteiger partial charge in [-0.3, -0.25) is 0 Å². The highest BCUT2D eigenvalue weighted by Gasteiger charge is 2.28. The van der Waals surface area contributed by atoms with Crippen LogP contribution in [0.1, 0.15) is 17.7 Å². The van der Waals surface area contributed by atoms with Crippen molar-refractivity contribution < 1.29 is 13.5 Å². The van der Waals surface area contributed by atoms with Crippen LogP contribution in [0, 0.1) is 5.92 Å². The monoisotopic (exact) mass is 396 g/mol. The molecule has 0 aliphatic carbocycles. The van der Waals surface area contributed by atoms with Crippen LogP contribution in [0.4, 0.5) is 0 Å². The Morgan fingerprint density at radius 2 is 2.10 bits per heavy atom. The van der Waals surface area contributed by atoms with Crippen LogP contribution in [0.2, 0.25) is 0 Å². The number of sulfonamides is 1. The van der Waals surface area contributed by atoms with Crippen molar-refractivity contribution in [1.29, 1.82) is 0 Å². The Labute approximate surface area is 138 Å². The van der Waals surface area contributed by atoms with Gasteiger partial charge in [0.15, 0.2) is 0 Å². The zero-order chi connectivity index (χ0) is 15.6. The van der Waals surface area contributed by atoms with Crippen LogP contribution in [-0.2, 0) is 16.6 Å². The third kappa shape index (κ3) is 4.05. The fourth-order valence-electron chi connectivity index (χ4n) is 2.53. The predicted octanol–water partition coefficient (Wildman–Crippen LogP) is 1.97. The molecule has 8 heteroatoms. The number of aliphatic hydroxyl groups is 1. The van der Waals surface area contributed by atoms with Crippen molar-refractivity contribution in [2.75, 3.05) is 33.7 Å². The number of aliphatic hydroxyl groups excluding tert-OH is 1. The van der Waals surface area contributed by atoms with Gasteiger partial charge < -0.3 is 10.0 Å². The normalized spacial score (nSPS) is 18.5. The van der Waals surface area contributed by atoms with Crippen molar-refractivity contribution in [2.45, 2.75) is 24.3 Å². The Bertz CT molecular complexity index is 580. The van der Waals surface area contributed by atoms with Gasteiger partial charge in [-0.15, -0.1) is 11.3 Å². The third-order valence-corrected chi connectivity index (χ3v) is 7.96. The van der Waals surface area contributed by atoms with E-state index in [1.807, 2.05) is 0 Å². The second-order valence-electron chi connectivity index (χ2n) is 5.54. The number of piperidine rings is 1. The molecule has 1 aromatic rings. The van der Waals surface area contributed by atoms with Gasteiger partial charge in [0, 0.05) is 18.5 Å². The molecular weight excluding hydrogens is 376 g/mol. The Morgan fingerprint density at radius 1 is 1.48 bits per heavy atom. The molecule has 0 amide bonds. The molecular formula is C13H21BrN2O3S2. The topological polar surface area (TPSA) is 60.9 Å². The Morgan fingerprint density at radius 3 is 2.62 bits per heavy atom. The van der Waals surface area contributed by atoms with Crippen molar-refractivity contribution in [2.24, 2.45) is 5.92 Å². The highest BCUT2D eigenvalue weighted by molar-refractivity contribution is 9.11. The van der Waals surface area contributed by atoms with Crippen molar-refractivity contribution in [3.63, 3.8) is 0 Å². The Balaban J connectivity index is 2.09. The number of likely N-dealkylation sites (tertiary alicyclic amines) is 1. The van der Waals surface area contributed by atoms with Gasteiger partial charge in [0.25, 0.3) is 0 Å². The first-order valence-electron chi connectivity index (χ1n) is 6.88. The van der Waals surface area contributed by atoms with Gasteiger partial charge in [0.05, 0.1) is 10.4 Å². The molecule has 1 saturated heterocycles. The van der Waals surface area contributed by atoms with Crippen molar-refractivity contribution in [1.82, 2.24) is 9.21 Å². The van der Waals surface area contributed by atoms with E-state index in [2.05, 4.69) is 27.9 Å². The van der Waals surface area contributed by atoms with Crippen LogP contribution in [0.15, 0.2) is 14.7 Å². The minimum atomic E-state index is -3.50. The molecule has 0 aromatic carbocycles. The van der Waals surface area contributed by atoms with Crippen LogP contribution in [-0.4, -0.2) is 56.5 Å². The zero-order valence-corrected chi connectivity index (χ0v) is 15.5. The SMILES string of the molecule is CN1CCC(CN(C)S(=O)(=O)c2cc(CO)sc2Br)CC1. The summed E-state index contributed by atoms with van der Waals surface area (Å²) >= 11 is 4.55. The second kappa shape index (κ2) is 7.06. The lowest BCUT2D eigenvalue weighted by molar-refractivity contribution is 0.202. The molecule has 0 unspecified atom stereocenters. The van der Waals surface area contributed by atoms with Gasteiger partial charge in [-0.05, 0) is 60.9 Å². The average molecular weight is 397 g/mol. The highest BCUT2D eigenvalue weighted by atomic mass is 79.9. The molecule has 1 aliphatic heterocycles. The largest absolute Gasteiger partial charge is 0.391 e. The summed E-state index contributed by atoms with van der Waals surface area (Å²) in [6.07, 6.45) is 2.06. The molecule has 1 aliphatic rings. The molecule has 0 atom stereocenters. The number of nitrogens with zero attached hydrogens (tertiary/aromatic N) is 2. The molecule has 2 rings (SSSR count). The summed E-state index contributed by atoms with van der Waals surface area (Å²) in [6.45, 7) is 2.45. The lowest BCUT2D eigenvalue weighted by atomic mass is 9.97. The van der Waals surface area contributed by atoms with E-state index >= 15 is 0 Å². The average Bonchev–Trinajstić information content (AvgIpc) is 2.83. The fraction of sp³-hybridized carbons (Fsp3) is 0.692. The van der Waals surface area contributed by atoms with E-state index in [9.17, 15) is 8.42 Å². The van der Waals surface area contributed by atoms with E-state index in [1.165, 1.54) is 15.6 Å². The molecule has 0 radical (unpaired) electrons. The van der Waals surface area contributed by atoms with E-state index in [0.717, 1.165) is 25.9 Å². The van der Waals surface area contributed by atoms with E-state index < -0.39 is 10.0 Å². The summed E-state index contributed by atoms with van der Waals surface area (Å²) in [6, 6.07) is 1.55. The predicted molar refractivity (Wildman–Crippen MR) is 88.0 cm³/mol. The summed E-state index contributed by atoms with van der Waals surface area (Å²) in [7, 11) is 0.228. The number of halogens is 1. The molecule has 5 nitrogen and oxygen atoms in total. The summed E-state index contributed by atoms with van der Waals surface area (Å²) < 4.78 is 27.3. The standard InChI is InChI=1S/C13H21BrN2O3S2/c1-15-5-3-10(4-6-15)8-16(2)21(18,19)12-7-11(9-17)20-13(12)14/h7,10,17H,3-6,8-9H2,1-2H3. The van der Waals surface area contributed by atoms with Gasteiger partial charge >= 0.3 is 0 Å². The molecule has 1 aromatic heterocycles. The first kappa shape index (κ1) is 17.4. The molecule has 120 valence electrons. The Kier molecular flexibility index (Phi) is 5.84.